The van der Waals surface area contributed by atoms with Crippen LogP contribution in [0.25, 0.3) is 108 Å². The topological polar surface area (TPSA) is 387 Å². The number of rotatable bonds is 26. The van der Waals surface area contributed by atoms with Crippen LogP contribution in [0.15, 0.2) is 346 Å². The maximum atomic E-state index is 13.3. The minimum atomic E-state index is -1.21. The lowest BCUT2D eigenvalue weighted by molar-refractivity contribution is -0.142. The Morgan fingerprint density at radius 1 is 0.317 bits per heavy atom. The molecule has 13 aromatic carbocycles. The van der Waals surface area contributed by atoms with Gasteiger partial charge < -0.3 is 39.7 Å². The Bertz CT molecular complexity index is 8760. The molecule has 0 radical (unpaired) electrons. The van der Waals surface area contributed by atoms with Gasteiger partial charge in [0.25, 0.3) is 27.8 Å². The van der Waals surface area contributed by atoms with Gasteiger partial charge in [0.05, 0.1) is 94.3 Å². The smallest absolute Gasteiger partial charge is 0.333 e. The second-order valence-electron chi connectivity index (χ2n) is 34.8. The molecule has 710 valence electrons. The van der Waals surface area contributed by atoms with Crippen LogP contribution >= 0.6 is 0 Å². The minimum absolute atomic E-state index is 0.0554. The van der Waals surface area contributed by atoms with Gasteiger partial charge in [0.2, 0.25) is 0 Å². The lowest BCUT2D eigenvalue weighted by atomic mass is 9.98. The number of aromatic amines is 1. The Morgan fingerprint density at radius 3 is 1.11 bits per heavy atom. The molecule has 0 aliphatic heterocycles. The zero-order valence-electron chi connectivity index (χ0n) is 78.1. The van der Waals surface area contributed by atoms with Gasteiger partial charge in [-0.25, -0.2) is 33.0 Å². The number of aromatic nitrogens is 13. The van der Waals surface area contributed by atoms with Crippen molar-refractivity contribution in [2.24, 2.45) is 14.1 Å². The number of H-pyrrole nitrogens is 1. The molecule has 0 bridgehead atoms. The molecule has 21 rings (SSSR count). The van der Waals surface area contributed by atoms with E-state index in [9.17, 15) is 58.2 Å². The first-order valence-corrected chi connectivity index (χ1v) is 46.5. The van der Waals surface area contributed by atoms with E-state index in [1.807, 2.05) is 191 Å². The maximum Gasteiger partial charge on any atom is 0.333 e. The molecule has 21 aromatic rings. The fraction of sp³-hybridized carbons (Fsp3) is 0.167. The fourth-order valence-electron chi connectivity index (χ4n) is 18.7. The number of aliphatic carboxylic acids is 5. The Kier molecular flexibility index (Phi) is 28.8. The van der Waals surface area contributed by atoms with E-state index < -0.39 is 47.5 Å². The number of benzene rings is 13. The molecule has 6 N–H and O–H groups in total. The zero-order chi connectivity index (χ0) is 99.4. The Labute approximate surface area is 810 Å². The SMILES string of the molecule is CCCC(C(=O)O)n1nc(Cc2cccc3ccccc23)c2ccccc2c1=O.Cc1cccc2c1c(Cc1nn(CCC(=O)O)c(=O)c3ccccc13)cn2C.Cn1cc(Cc2nn(CCC(=O)O)c(=O)c3ccccc23)c2ccccc21.O=C(O)C(c1ccccc1)n1nc(Cc2cccc3ccccc23)c2ccccc2c1=O.O=C(O)CCn1nc(Cc2c[nH]c3ccccc23)c2ccccc2c1=O. The number of fused-ring (bicyclic) bond motifs is 10. The van der Waals surface area contributed by atoms with Crippen LogP contribution in [0.2, 0.25) is 0 Å². The summed E-state index contributed by atoms with van der Waals surface area (Å²) >= 11 is 0. The van der Waals surface area contributed by atoms with Gasteiger partial charge in [-0.1, -0.05) is 268 Å². The van der Waals surface area contributed by atoms with Crippen molar-refractivity contribution in [2.45, 2.75) is 110 Å². The number of para-hydroxylation sites is 2. The second-order valence-corrected chi connectivity index (χ2v) is 34.8. The Hall–Kier alpha value is -18.0. The first-order chi connectivity index (χ1) is 68.9. The molecule has 0 fully saturated rings. The molecule has 142 heavy (non-hydrogen) atoms. The van der Waals surface area contributed by atoms with Gasteiger partial charge in [0, 0.05) is 124 Å². The van der Waals surface area contributed by atoms with Crippen LogP contribution in [0.4, 0.5) is 0 Å². The molecular formula is C114H99N13O15. The molecule has 0 aliphatic carbocycles. The van der Waals surface area contributed by atoms with Crippen molar-refractivity contribution in [1.29, 1.82) is 0 Å². The van der Waals surface area contributed by atoms with Gasteiger partial charge in [-0.15, -0.1) is 0 Å². The lowest BCUT2D eigenvalue weighted by Gasteiger charge is -2.18. The van der Waals surface area contributed by atoms with Crippen LogP contribution < -0.4 is 27.8 Å². The monoisotopic (exact) mass is 1890 g/mol. The van der Waals surface area contributed by atoms with Gasteiger partial charge in [-0.05, 0) is 122 Å². The normalized spacial score (nSPS) is 11.7. The van der Waals surface area contributed by atoms with E-state index in [4.69, 9.17) is 15.3 Å². The van der Waals surface area contributed by atoms with Gasteiger partial charge in [-0.2, -0.15) is 25.5 Å². The molecule has 28 nitrogen and oxygen atoms in total. The highest BCUT2D eigenvalue weighted by Gasteiger charge is 2.29. The largest absolute Gasteiger partial charge is 0.481 e. The van der Waals surface area contributed by atoms with Gasteiger partial charge in [0.15, 0.2) is 12.1 Å². The number of hydrogen-bond acceptors (Lipinski definition) is 15. The molecule has 0 saturated carbocycles. The van der Waals surface area contributed by atoms with Crippen molar-refractivity contribution in [2.75, 3.05) is 0 Å². The van der Waals surface area contributed by atoms with Crippen LogP contribution in [0.1, 0.15) is 119 Å². The van der Waals surface area contributed by atoms with Gasteiger partial charge >= 0.3 is 29.8 Å². The van der Waals surface area contributed by atoms with Gasteiger partial charge in [-0.3, -0.25) is 38.4 Å². The number of carbonyl (C=O) groups is 5. The third kappa shape index (κ3) is 20.7. The third-order valence-corrected chi connectivity index (χ3v) is 25.5. The van der Waals surface area contributed by atoms with Gasteiger partial charge in [0.1, 0.15) is 0 Å². The average molecular weight is 1890 g/mol. The van der Waals surface area contributed by atoms with Crippen LogP contribution in [0.3, 0.4) is 0 Å². The second kappa shape index (κ2) is 42.8. The Balaban J connectivity index is 0.000000122. The number of nitrogens with zero attached hydrogens (tertiary/aromatic N) is 12. The number of carboxylic acids is 5. The van der Waals surface area contributed by atoms with Crippen LogP contribution in [0.5, 0.6) is 0 Å². The number of nitrogens with one attached hydrogen (secondary N) is 1. The summed E-state index contributed by atoms with van der Waals surface area (Å²) in [4.78, 5) is 124. The van der Waals surface area contributed by atoms with Crippen molar-refractivity contribution in [3.05, 3.63) is 441 Å². The van der Waals surface area contributed by atoms with Crippen LogP contribution in [-0.4, -0.2) is 118 Å². The van der Waals surface area contributed by atoms with E-state index in [2.05, 4.69) is 126 Å². The van der Waals surface area contributed by atoms with E-state index in [1.165, 1.54) is 25.0 Å². The molecule has 8 heterocycles. The molecular weight excluding hydrogens is 1790 g/mol. The minimum Gasteiger partial charge on any atom is -0.481 e. The van der Waals surface area contributed by atoms with Crippen molar-refractivity contribution >= 4 is 138 Å². The number of carboxylic acid groups (broad SMARTS) is 5. The number of aryl methyl sites for hydroxylation is 6. The summed E-state index contributed by atoms with van der Waals surface area (Å²) in [5, 5.41) is 83.8. The summed E-state index contributed by atoms with van der Waals surface area (Å²) in [7, 11) is 4.02. The molecule has 0 amide bonds. The lowest BCUT2D eigenvalue weighted by Crippen LogP contribution is -2.33. The summed E-state index contributed by atoms with van der Waals surface area (Å²) in [6.07, 6.45) is 9.38. The average Bonchev–Trinajstić information content (AvgIpc) is 0.846. The molecule has 2 unspecified atom stereocenters. The van der Waals surface area contributed by atoms with Crippen molar-refractivity contribution in [3.8, 4) is 0 Å². The quantitative estimate of drug-likeness (QED) is 0.0293. The van der Waals surface area contributed by atoms with Crippen LogP contribution in [0, 0.1) is 6.92 Å². The highest BCUT2D eigenvalue weighted by molar-refractivity contribution is 5.94. The fourth-order valence-corrected chi connectivity index (χ4v) is 18.7. The highest BCUT2D eigenvalue weighted by atomic mass is 16.4. The number of hydrogen-bond donors (Lipinski definition) is 6. The molecule has 8 aromatic heterocycles. The predicted octanol–water partition coefficient (Wildman–Crippen LogP) is 18.5. The summed E-state index contributed by atoms with van der Waals surface area (Å²) in [6.45, 7) is 4.16. The van der Waals surface area contributed by atoms with Crippen molar-refractivity contribution < 1.29 is 49.5 Å². The van der Waals surface area contributed by atoms with Crippen molar-refractivity contribution in [3.63, 3.8) is 0 Å². The molecule has 0 aliphatic rings. The van der Waals surface area contributed by atoms with E-state index in [0.717, 1.165) is 130 Å². The summed E-state index contributed by atoms with van der Waals surface area (Å²) in [6, 6.07) is 94.0. The first-order valence-electron chi connectivity index (χ1n) is 46.5. The van der Waals surface area contributed by atoms with E-state index in [1.54, 1.807) is 72.8 Å². The maximum absolute atomic E-state index is 13.3. The van der Waals surface area contributed by atoms with Crippen molar-refractivity contribution in [1.82, 2.24) is 63.0 Å². The van der Waals surface area contributed by atoms with E-state index in [0.29, 0.717) is 88.8 Å². The summed E-state index contributed by atoms with van der Waals surface area (Å²) < 4.78 is 10.3. The summed E-state index contributed by atoms with van der Waals surface area (Å²) in [5.74, 6) is -5.02. The van der Waals surface area contributed by atoms with E-state index >= 15 is 0 Å². The standard InChI is InChI=1S/C27H20N2O3.C24H22N2O3.C22H21N3O3.C21H19N3O3.C20H17N3O3/c30-26-23-16-7-6-15-22(23)24(17-20-13-8-12-18-9-4-5-14-21(18)20)28-29(26)25(27(31)32)19-10-2-1-3-11-19;1-2-8-22(24(28)29)26-23(27)20-14-6-5-13-19(20)21(25-26)15-17-11-7-10-16-9-3-4-12-18(16)17;1-14-6-5-9-19-21(14)15(13-24(19)2)12-18-16-7-3-4-8-17(16)22(28)25(23-18)11-10-20(26)27;1-23-13-14(15-6-4-5-9-19(15)23)12-18-16-7-2-3-8-17(16)21(27)24(22-18)11-10-20(25)26;24-19(25)9-10-23-20(26)16-7-2-1-6-15(16)18(22-23)11-13-12-21-17-8-4-3-5-14(13)17/h1-16,25H,17H2,(H,31,32);3-7,9-14,22H,2,8,15H2,1H3,(H,28,29);3-9,13H,10-12H2,1-2H3,(H,26,27);2-9,13H,10-12H2,1H3,(H,25,26);1-8,12,21H,9-11H2,(H,24,25). The first kappa shape index (κ1) is 95.8. The summed E-state index contributed by atoms with van der Waals surface area (Å²) in [5.41, 5.74) is 12.7. The zero-order valence-corrected chi connectivity index (χ0v) is 78.1. The predicted molar refractivity (Wildman–Crippen MR) is 551 cm³/mol. The van der Waals surface area contributed by atoms with Crippen LogP contribution in [-0.2, 0) is 89.8 Å². The Morgan fingerprint density at radius 2 is 0.655 bits per heavy atom. The molecule has 28 heteroatoms. The molecule has 2 atom stereocenters. The molecule has 0 spiro atoms. The van der Waals surface area contributed by atoms with E-state index in [-0.39, 0.29) is 61.1 Å². The molecule has 0 saturated heterocycles. The highest BCUT2D eigenvalue weighted by Crippen LogP contribution is 2.33. The third-order valence-electron chi connectivity index (χ3n) is 25.5.